The first-order valence-corrected chi connectivity index (χ1v) is 12.9. The number of ether oxygens (including phenoxy) is 1. The molecule has 1 fully saturated rings. The van der Waals surface area contributed by atoms with Gasteiger partial charge in [-0.3, -0.25) is 4.79 Å². The predicted octanol–water partition coefficient (Wildman–Crippen LogP) is 3.84. The SMILES string of the molecule is CCOC(=O)c1c(NC(=O)c2ccc(S(=O)(=O)N3CCCC3)cc2)sc2c1CCCC2. The van der Waals surface area contributed by atoms with Crippen molar-refractivity contribution in [3.63, 3.8) is 0 Å². The van der Waals surface area contributed by atoms with Gasteiger partial charge in [0.15, 0.2) is 0 Å². The number of sulfonamides is 1. The smallest absolute Gasteiger partial charge is 0.341 e. The largest absolute Gasteiger partial charge is 0.462 e. The first-order valence-electron chi connectivity index (χ1n) is 10.6. The molecule has 0 unspecified atom stereocenters. The first-order chi connectivity index (χ1) is 14.9. The monoisotopic (exact) mass is 462 g/mol. The second kappa shape index (κ2) is 9.10. The summed E-state index contributed by atoms with van der Waals surface area (Å²) in [5, 5.41) is 3.36. The minimum Gasteiger partial charge on any atom is -0.462 e. The molecule has 0 bridgehead atoms. The average Bonchev–Trinajstić information content (AvgIpc) is 3.42. The molecule has 4 rings (SSSR count). The molecular formula is C22H26N2O5S2. The van der Waals surface area contributed by atoms with E-state index in [1.165, 1.54) is 39.9 Å². The minimum absolute atomic E-state index is 0.185. The summed E-state index contributed by atoms with van der Waals surface area (Å²) in [6.45, 7) is 3.09. The number of fused-ring (bicyclic) bond motifs is 1. The molecule has 0 spiro atoms. The summed E-state index contributed by atoms with van der Waals surface area (Å²) in [7, 11) is -3.52. The van der Waals surface area contributed by atoms with Crippen molar-refractivity contribution in [1.29, 1.82) is 0 Å². The summed E-state index contributed by atoms with van der Waals surface area (Å²) >= 11 is 1.43. The van der Waals surface area contributed by atoms with Crippen molar-refractivity contribution >= 4 is 38.2 Å². The minimum atomic E-state index is -3.52. The zero-order valence-corrected chi connectivity index (χ0v) is 19.1. The fourth-order valence-corrected chi connectivity index (χ4v) is 6.89. The highest BCUT2D eigenvalue weighted by atomic mass is 32.2. The van der Waals surface area contributed by atoms with E-state index < -0.39 is 16.0 Å². The summed E-state index contributed by atoms with van der Waals surface area (Å²) in [6.07, 6.45) is 5.51. The quantitative estimate of drug-likeness (QED) is 0.659. The van der Waals surface area contributed by atoms with Gasteiger partial charge in [0.2, 0.25) is 10.0 Å². The number of amides is 1. The molecule has 1 aromatic heterocycles. The summed E-state index contributed by atoms with van der Waals surface area (Å²) in [5.74, 6) is -0.793. The lowest BCUT2D eigenvalue weighted by Crippen LogP contribution is -2.27. The standard InChI is InChI=1S/C22H26N2O5S2/c1-2-29-22(26)19-17-7-3-4-8-18(17)30-21(19)23-20(25)15-9-11-16(12-10-15)31(27,28)24-13-5-6-14-24/h9-12H,2-8,13-14H2,1H3,(H,23,25). The molecule has 0 saturated carbocycles. The number of nitrogens with zero attached hydrogens (tertiary/aromatic N) is 1. The maximum atomic E-state index is 12.9. The van der Waals surface area contributed by atoms with E-state index in [0.717, 1.165) is 49.0 Å². The summed E-state index contributed by atoms with van der Waals surface area (Å²) in [5.41, 5.74) is 1.78. The van der Waals surface area contributed by atoms with E-state index in [1.54, 1.807) is 6.92 Å². The van der Waals surface area contributed by atoms with Crippen LogP contribution in [0.4, 0.5) is 5.00 Å². The molecule has 1 aliphatic heterocycles. The van der Waals surface area contributed by atoms with Crippen molar-refractivity contribution < 1.29 is 22.7 Å². The zero-order valence-electron chi connectivity index (χ0n) is 17.5. The molecule has 7 nitrogen and oxygen atoms in total. The molecule has 2 heterocycles. The molecule has 9 heteroatoms. The Morgan fingerprint density at radius 2 is 1.74 bits per heavy atom. The number of carbonyl (C=O) groups excluding carboxylic acids is 2. The van der Waals surface area contributed by atoms with E-state index in [2.05, 4.69) is 5.32 Å². The van der Waals surface area contributed by atoms with Crippen LogP contribution in [0.15, 0.2) is 29.2 Å². The maximum Gasteiger partial charge on any atom is 0.341 e. The zero-order chi connectivity index (χ0) is 22.0. The van der Waals surface area contributed by atoms with Gasteiger partial charge in [-0.1, -0.05) is 0 Å². The van der Waals surface area contributed by atoms with Crippen LogP contribution >= 0.6 is 11.3 Å². The summed E-state index contributed by atoms with van der Waals surface area (Å²) in [4.78, 5) is 26.7. The summed E-state index contributed by atoms with van der Waals surface area (Å²) in [6, 6.07) is 5.95. The van der Waals surface area contributed by atoms with Crippen LogP contribution in [0.5, 0.6) is 0 Å². The van der Waals surface area contributed by atoms with E-state index in [0.29, 0.717) is 29.2 Å². The van der Waals surface area contributed by atoms with Crippen molar-refractivity contribution in [3.05, 3.63) is 45.8 Å². The number of nitrogens with one attached hydrogen (secondary N) is 1. The van der Waals surface area contributed by atoms with Crippen LogP contribution in [-0.2, 0) is 27.6 Å². The topological polar surface area (TPSA) is 92.8 Å². The van der Waals surface area contributed by atoms with Crippen LogP contribution in [0.1, 0.15) is 63.8 Å². The molecule has 1 aromatic carbocycles. The van der Waals surface area contributed by atoms with Crippen molar-refractivity contribution in [2.24, 2.45) is 0 Å². The van der Waals surface area contributed by atoms with Crippen LogP contribution in [0.3, 0.4) is 0 Å². The number of thiophene rings is 1. The van der Waals surface area contributed by atoms with Gasteiger partial charge in [-0.25, -0.2) is 13.2 Å². The second-order valence-electron chi connectivity index (χ2n) is 7.73. The third kappa shape index (κ3) is 4.40. The molecule has 1 N–H and O–H groups in total. The number of rotatable bonds is 6. The Morgan fingerprint density at radius 1 is 1.06 bits per heavy atom. The molecule has 0 atom stereocenters. The van der Waals surface area contributed by atoms with E-state index in [1.807, 2.05) is 0 Å². The van der Waals surface area contributed by atoms with Gasteiger partial charge in [0.1, 0.15) is 5.00 Å². The Hall–Kier alpha value is -2.23. The van der Waals surface area contributed by atoms with Crippen molar-refractivity contribution in [1.82, 2.24) is 4.31 Å². The maximum absolute atomic E-state index is 12.9. The van der Waals surface area contributed by atoms with Gasteiger partial charge in [-0.05, 0) is 75.3 Å². The van der Waals surface area contributed by atoms with E-state index in [4.69, 9.17) is 4.74 Å². The number of anilines is 1. The molecule has 166 valence electrons. The molecule has 2 aromatic rings. The normalized spacial score (nSPS) is 16.7. The Labute approximate surface area is 186 Å². The van der Waals surface area contributed by atoms with Gasteiger partial charge >= 0.3 is 5.97 Å². The number of aryl methyl sites for hydroxylation is 1. The molecule has 1 aliphatic carbocycles. The van der Waals surface area contributed by atoms with Gasteiger partial charge in [0, 0.05) is 23.5 Å². The molecule has 1 amide bonds. The third-order valence-electron chi connectivity index (χ3n) is 5.70. The van der Waals surface area contributed by atoms with Crippen molar-refractivity contribution in [3.8, 4) is 0 Å². The highest BCUT2D eigenvalue weighted by molar-refractivity contribution is 7.89. The Bertz CT molecular complexity index is 1080. The Kier molecular flexibility index (Phi) is 6.45. The van der Waals surface area contributed by atoms with Crippen molar-refractivity contribution in [2.45, 2.75) is 50.3 Å². The number of hydrogen-bond donors (Lipinski definition) is 1. The van der Waals surface area contributed by atoms with Gasteiger partial charge in [-0.2, -0.15) is 4.31 Å². The molecular weight excluding hydrogens is 436 g/mol. The highest BCUT2D eigenvalue weighted by Gasteiger charge is 2.29. The average molecular weight is 463 g/mol. The Balaban J connectivity index is 1.56. The fraction of sp³-hybridized carbons (Fsp3) is 0.455. The Morgan fingerprint density at radius 3 is 2.42 bits per heavy atom. The predicted molar refractivity (Wildman–Crippen MR) is 119 cm³/mol. The number of benzene rings is 1. The van der Waals surface area contributed by atoms with Crippen molar-refractivity contribution in [2.75, 3.05) is 25.0 Å². The lowest BCUT2D eigenvalue weighted by atomic mass is 9.95. The summed E-state index contributed by atoms with van der Waals surface area (Å²) < 4.78 is 32.1. The number of carbonyl (C=O) groups is 2. The molecule has 0 radical (unpaired) electrons. The van der Waals surface area contributed by atoms with Crippen LogP contribution in [-0.4, -0.2) is 44.3 Å². The van der Waals surface area contributed by atoms with Gasteiger partial charge in [0.05, 0.1) is 17.1 Å². The molecule has 31 heavy (non-hydrogen) atoms. The highest BCUT2D eigenvalue weighted by Crippen LogP contribution is 2.38. The third-order valence-corrected chi connectivity index (χ3v) is 8.82. The van der Waals surface area contributed by atoms with Crippen LogP contribution in [0.2, 0.25) is 0 Å². The van der Waals surface area contributed by atoms with Gasteiger partial charge < -0.3 is 10.1 Å². The molecule has 1 saturated heterocycles. The van der Waals surface area contributed by atoms with Crippen LogP contribution < -0.4 is 5.32 Å². The number of esters is 1. The van der Waals surface area contributed by atoms with Crippen LogP contribution in [0.25, 0.3) is 0 Å². The fourth-order valence-electron chi connectivity index (χ4n) is 4.10. The van der Waals surface area contributed by atoms with Gasteiger partial charge in [0.25, 0.3) is 5.91 Å². The number of hydrogen-bond acceptors (Lipinski definition) is 6. The lowest BCUT2D eigenvalue weighted by Gasteiger charge is -2.15. The van der Waals surface area contributed by atoms with Crippen LogP contribution in [0, 0.1) is 0 Å². The molecule has 2 aliphatic rings. The van der Waals surface area contributed by atoms with E-state index >= 15 is 0 Å². The van der Waals surface area contributed by atoms with E-state index in [-0.39, 0.29) is 17.4 Å². The first kappa shape index (κ1) is 22.0. The second-order valence-corrected chi connectivity index (χ2v) is 10.8. The van der Waals surface area contributed by atoms with E-state index in [9.17, 15) is 18.0 Å². The lowest BCUT2D eigenvalue weighted by molar-refractivity contribution is 0.0526. The van der Waals surface area contributed by atoms with Gasteiger partial charge in [-0.15, -0.1) is 11.3 Å².